The van der Waals surface area contributed by atoms with Gasteiger partial charge in [-0.25, -0.2) is 9.37 Å². The molecule has 2 N–H and O–H groups in total. The van der Waals surface area contributed by atoms with Crippen LogP contribution in [0.3, 0.4) is 0 Å². The van der Waals surface area contributed by atoms with Crippen LogP contribution in [0.1, 0.15) is 12.7 Å². The number of halogens is 1. The van der Waals surface area contributed by atoms with Crippen LogP contribution in [-0.2, 0) is 11.2 Å². The Morgan fingerprint density at radius 2 is 2.17 bits per heavy atom. The molecule has 0 unspecified atom stereocenters. The number of benzene rings is 2. The van der Waals surface area contributed by atoms with E-state index in [1.807, 2.05) is 19.1 Å². The summed E-state index contributed by atoms with van der Waals surface area (Å²) in [6.07, 6.45) is 0.817. The highest BCUT2D eigenvalue weighted by molar-refractivity contribution is 5.94. The number of aromatic nitrogens is 2. The molecule has 5 nitrogen and oxygen atoms in total. The molecule has 3 aromatic rings. The number of fused-ring (bicyclic) bond motifs is 1. The van der Waals surface area contributed by atoms with E-state index in [0.717, 1.165) is 23.3 Å². The van der Waals surface area contributed by atoms with Crippen LogP contribution in [-0.4, -0.2) is 22.5 Å². The molecule has 23 heavy (non-hydrogen) atoms. The number of carbonyl (C=O) groups is 1. The van der Waals surface area contributed by atoms with Crippen molar-refractivity contribution in [1.82, 2.24) is 9.97 Å². The third-order valence-electron chi connectivity index (χ3n) is 3.32. The highest BCUT2D eigenvalue weighted by atomic mass is 19.1. The maximum absolute atomic E-state index is 13.0. The largest absolute Gasteiger partial charge is 0.484 e. The van der Waals surface area contributed by atoms with Gasteiger partial charge in [-0.15, -0.1) is 0 Å². The lowest BCUT2D eigenvalue weighted by Crippen LogP contribution is -2.20. The summed E-state index contributed by atoms with van der Waals surface area (Å²) in [5.74, 6) is 0.498. The van der Waals surface area contributed by atoms with Gasteiger partial charge in [0.2, 0.25) is 0 Å². The predicted octanol–water partition coefficient (Wildman–Crippen LogP) is 3.28. The molecular weight excluding hydrogens is 297 g/mol. The molecule has 1 amide bonds. The van der Waals surface area contributed by atoms with Crippen LogP contribution in [0, 0.1) is 5.82 Å². The maximum Gasteiger partial charge on any atom is 0.262 e. The average Bonchev–Trinajstić information content (AvgIpc) is 2.95. The molecule has 0 aliphatic carbocycles. The third kappa shape index (κ3) is 3.66. The van der Waals surface area contributed by atoms with Crippen LogP contribution in [0.5, 0.6) is 5.75 Å². The van der Waals surface area contributed by atoms with Crippen molar-refractivity contribution in [2.24, 2.45) is 0 Å². The Bertz CT molecular complexity index is 845. The second kappa shape index (κ2) is 6.48. The molecule has 0 atom stereocenters. The van der Waals surface area contributed by atoms with Crippen molar-refractivity contribution >= 4 is 22.6 Å². The van der Waals surface area contributed by atoms with Gasteiger partial charge in [0, 0.05) is 18.2 Å². The first-order valence-corrected chi connectivity index (χ1v) is 7.31. The number of anilines is 1. The number of hydrogen-bond acceptors (Lipinski definition) is 3. The monoisotopic (exact) mass is 313 g/mol. The lowest BCUT2D eigenvalue weighted by molar-refractivity contribution is -0.118. The lowest BCUT2D eigenvalue weighted by atomic mass is 10.3. The van der Waals surface area contributed by atoms with E-state index in [4.69, 9.17) is 4.74 Å². The third-order valence-corrected chi connectivity index (χ3v) is 3.32. The molecular formula is C17H16FN3O2. The Balaban J connectivity index is 1.63. The first-order chi connectivity index (χ1) is 11.1. The van der Waals surface area contributed by atoms with Crippen molar-refractivity contribution in [2.75, 3.05) is 11.9 Å². The molecule has 0 aliphatic rings. The number of aromatic amines is 1. The minimum Gasteiger partial charge on any atom is -0.484 e. The van der Waals surface area contributed by atoms with Crippen LogP contribution < -0.4 is 10.1 Å². The Morgan fingerprint density at radius 1 is 1.30 bits per heavy atom. The minimum absolute atomic E-state index is 0.190. The van der Waals surface area contributed by atoms with E-state index < -0.39 is 5.82 Å². The number of nitrogens with zero attached hydrogens (tertiary/aromatic N) is 1. The smallest absolute Gasteiger partial charge is 0.262 e. The van der Waals surface area contributed by atoms with E-state index in [9.17, 15) is 9.18 Å². The van der Waals surface area contributed by atoms with Gasteiger partial charge >= 0.3 is 0 Å². The van der Waals surface area contributed by atoms with Crippen LogP contribution >= 0.6 is 0 Å². The Hall–Kier alpha value is -2.89. The normalized spacial score (nSPS) is 10.7. The molecule has 2 aromatic carbocycles. The maximum atomic E-state index is 13.0. The van der Waals surface area contributed by atoms with Crippen LogP contribution in [0.25, 0.3) is 11.0 Å². The van der Waals surface area contributed by atoms with E-state index in [-0.39, 0.29) is 12.5 Å². The minimum atomic E-state index is -0.403. The zero-order valence-corrected chi connectivity index (χ0v) is 12.6. The quantitative estimate of drug-likeness (QED) is 0.759. The molecule has 6 heteroatoms. The number of carbonyl (C=O) groups excluding carboxylic acids is 1. The van der Waals surface area contributed by atoms with E-state index in [2.05, 4.69) is 15.3 Å². The molecule has 3 rings (SSSR count). The zero-order valence-electron chi connectivity index (χ0n) is 12.6. The predicted molar refractivity (Wildman–Crippen MR) is 86.0 cm³/mol. The van der Waals surface area contributed by atoms with Gasteiger partial charge in [0.1, 0.15) is 17.4 Å². The highest BCUT2D eigenvalue weighted by Crippen LogP contribution is 2.18. The van der Waals surface area contributed by atoms with Gasteiger partial charge in [0.25, 0.3) is 5.91 Å². The van der Waals surface area contributed by atoms with E-state index in [1.165, 1.54) is 18.2 Å². The second-order valence-corrected chi connectivity index (χ2v) is 5.06. The summed E-state index contributed by atoms with van der Waals surface area (Å²) in [6, 6.07) is 11.1. The molecule has 0 radical (unpaired) electrons. The summed E-state index contributed by atoms with van der Waals surface area (Å²) >= 11 is 0. The zero-order chi connectivity index (χ0) is 16.2. The number of aryl methyl sites for hydroxylation is 1. The van der Waals surface area contributed by atoms with Crippen molar-refractivity contribution in [3.8, 4) is 5.75 Å². The fourth-order valence-corrected chi connectivity index (χ4v) is 2.21. The molecule has 1 aromatic heterocycles. The van der Waals surface area contributed by atoms with Crippen LogP contribution in [0.4, 0.5) is 10.1 Å². The summed E-state index contributed by atoms with van der Waals surface area (Å²) in [7, 11) is 0. The van der Waals surface area contributed by atoms with E-state index >= 15 is 0 Å². The van der Waals surface area contributed by atoms with Gasteiger partial charge in [0.05, 0.1) is 11.0 Å². The standard InChI is InChI=1S/C17H16FN3O2/c1-2-16-20-14-7-6-12(9-15(14)21-16)19-17(22)10-23-13-5-3-4-11(18)8-13/h3-9H,2,10H2,1H3,(H,19,22)(H,20,21). The van der Waals surface area contributed by atoms with Crippen molar-refractivity contribution in [2.45, 2.75) is 13.3 Å². The summed E-state index contributed by atoms with van der Waals surface area (Å²) in [6.45, 7) is 1.83. The first kappa shape index (κ1) is 15.0. The van der Waals surface area contributed by atoms with Crippen LogP contribution in [0.15, 0.2) is 42.5 Å². The van der Waals surface area contributed by atoms with Crippen molar-refractivity contribution in [1.29, 1.82) is 0 Å². The Kier molecular flexibility index (Phi) is 4.23. The fourth-order valence-electron chi connectivity index (χ4n) is 2.21. The number of rotatable bonds is 5. The van der Waals surface area contributed by atoms with Gasteiger partial charge < -0.3 is 15.0 Å². The first-order valence-electron chi connectivity index (χ1n) is 7.31. The van der Waals surface area contributed by atoms with Crippen molar-refractivity contribution < 1.29 is 13.9 Å². The lowest BCUT2D eigenvalue weighted by Gasteiger charge is -2.07. The van der Waals surface area contributed by atoms with Gasteiger partial charge in [-0.2, -0.15) is 0 Å². The summed E-state index contributed by atoms with van der Waals surface area (Å²) in [4.78, 5) is 19.5. The van der Waals surface area contributed by atoms with Gasteiger partial charge in [-0.1, -0.05) is 13.0 Å². The SMILES string of the molecule is CCc1nc2ccc(NC(=O)COc3cccc(F)c3)cc2[nH]1. The number of H-pyrrole nitrogens is 1. The molecule has 0 bridgehead atoms. The second-order valence-electron chi connectivity index (χ2n) is 5.06. The molecule has 1 heterocycles. The van der Waals surface area contributed by atoms with Crippen LogP contribution in [0.2, 0.25) is 0 Å². The number of amides is 1. The molecule has 118 valence electrons. The van der Waals surface area contributed by atoms with Gasteiger partial charge in [-0.3, -0.25) is 4.79 Å². The Morgan fingerprint density at radius 3 is 2.96 bits per heavy atom. The summed E-state index contributed by atoms with van der Waals surface area (Å²) in [5, 5.41) is 2.74. The molecule has 0 saturated heterocycles. The van der Waals surface area contributed by atoms with E-state index in [0.29, 0.717) is 11.4 Å². The molecule has 0 aliphatic heterocycles. The van der Waals surface area contributed by atoms with Crippen molar-refractivity contribution in [3.05, 3.63) is 54.1 Å². The summed E-state index contributed by atoms with van der Waals surface area (Å²) in [5.41, 5.74) is 2.37. The highest BCUT2D eigenvalue weighted by Gasteiger charge is 2.07. The number of nitrogens with one attached hydrogen (secondary N) is 2. The number of hydrogen-bond donors (Lipinski definition) is 2. The Labute approximate surface area is 132 Å². The van der Waals surface area contributed by atoms with Gasteiger partial charge in [-0.05, 0) is 30.3 Å². The number of ether oxygens (including phenoxy) is 1. The number of imidazole rings is 1. The summed E-state index contributed by atoms with van der Waals surface area (Å²) < 4.78 is 18.3. The van der Waals surface area contributed by atoms with Crippen molar-refractivity contribution in [3.63, 3.8) is 0 Å². The fraction of sp³-hybridized carbons (Fsp3) is 0.176. The molecule has 0 spiro atoms. The average molecular weight is 313 g/mol. The van der Waals surface area contributed by atoms with Gasteiger partial charge in [0.15, 0.2) is 6.61 Å². The molecule has 0 fully saturated rings. The molecule has 0 saturated carbocycles. The topological polar surface area (TPSA) is 67.0 Å². The van der Waals surface area contributed by atoms with E-state index in [1.54, 1.807) is 12.1 Å².